The maximum atomic E-state index is 12.6. The summed E-state index contributed by atoms with van der Waals surface area (Å²) in [5.74, 6) is -0.208. The molecule has 0 saturated heterocycles. The summed E-state index contributed by atoms with van der Waals surface area (Å²) in [6, 6.07) is 6.47. The van der Waals surface area contributed by atoms with Crippen LogP contribution in [0.25, 0.3) is 0 Å². The van der Waals surface area contributed by atoms with Crippen LogP contribution in [0.4, 0.5) is 4.39 Å². The second-order valence-corrected chi connectivity index (χ2v) is 3.81. The minimum Gasteiger partial charge on any atom is -0.311 e. The molecule has 1 nitrogen and oxygen atoms in total. The van der Waals surface area contributed by atoms with Crippen LogP contribution in [0.2, 0.25) is 0 Å². The lowest BCUT2D eigenvalue weighted by Crippen LogP contribution is -2.18. The van der Waals surface area contributed by atoms with Crippen molar-refractivity contribution in [2.75, 3.05) is 13.1 Å². The topological polar surface area (TPSA) is 12.0 Å². The van der Waals surface area contributed by atoms with E-state index in [4.69, 9.17) is 23.2 Å². The van der Waals surface area contributed by atoms with Gasteiger partial charge in [0.05, 0.1) is 0 Å². The molecule has 0 heterocycles. The van der Waals surface area contributed by atoms with Gasteiger partial charge in [0.1, 0.15) is 5.82 Å². The van der Waals surface area contributed by atoms with E-state index in [1.165, 1.54) is 17.7 Å². The predicted molar refractivity (Wildman–Crippen MR) is 62.8 cm³/mol. The molecule has 4 heteroatoms. The van der Waals surface area contributed by atoms with E-state index in [9.17, 15) is 4.39 Å². The van der Waals surface area contributed by atoms with Gasteiger partial charge < -0.3 is 5.32 Å². The summed E-state index contributed by atoms with van der Waals surface area (Å²) in [7, 11) is 0. The number of rotatable bonds is 5. The molecule has 0 spiro atoms. The SMILES string of the molecule is Fc1ccc(CCNCC(Cl)=CCl)cc1. The van der Waals surface area contributed by atoms with Gasteiger partial charge in [-0.25, -0.2) is 4.39 Å². The van der Waals surface area contributed by atoms with E-state index in [0.29, 0.717) is 11.6 Å². The quantitative estimate of drug-likeness (QED) is 0.788. The molecule has 1 rings (SSSR count). The van der Waals surface area contributed by atoms with Gasteiger partial charge >= 0.3 is 0 Å². The number of hydrogen-bond acceptors (Lipinski definition) is 1. The smallest absolute Gasteiger partial charge is 0.123 e. The van der Waals surface area contributed by atoms with Crippen molar-refractivity contribution in [2.45, 2.75) is 6.42 Å². The molecule has 0 aliphatic carbocycles. The third-order valence-corrected chi connectivity index (χ3v) is 2.53. The Bertz CT molecular complexity index is 322. The average molecular weight is 248 g/mol. The molecule has 0 saturated carbocycles. The van der Waals surface area contributed by atoms with Gasteiger partial charge in [0.15, 0.2) is 0 Å². The third kappa shape index (κ3) is 5.17. The van der Waals surface area contributed by atoms with E-state index >= 15 is 0 Å². The van der Waals surface area contributed by atoms with Gasteiger partial charge in [0.25, 0.3) is 0 Å². The lowest BCUT2D eigenvalue weighted by Gasteiger charge is -2.03. The van der Waals surface area contributed by atoms with Gasteiger partial charge in [-0.1, -0.05) is 35.3 Å². The van der Waals surface area contributed by atoms with Crippen LogP contribution in [0, 0.1) is 5.82 Å². The molecule has 0 bridgehead atoms. The standard InChI is InChI=1S/C11H12Cl2FN/c12-7-10(13)8-15-6-5-9-1-3-11(14)4-2-9/h1-4,7,15H,5-6,8H2. The van der Waals surface area contributed by atoms with Crippen LogP contribution >= 0.6 is 23.2 Å². The molecule has 15 heavy (non-hydrogen) atoms. The van der Waals surface area contributed by atoms with Crippen molar-refractivity contribution in [1.82, 2.24) is 5.32 Å². The Labute approximate surface area is 98.9 Å². The van der Waals surface area contributed by atoms with Crippen LogP contribution < -0.4 is 5.32 Å². The predicted octanol–water partition coefficient (Wildman–Crippen LogP) is 3.28. The van der Waals surface area contributed by atoms with Crippen LogP contribution in [-0.2, 0) is 6.42 Å². The highest BCUT2D eigenvalue weighted by Crippen LogP contribution is 2.03. The number of hydrogen-bond donors (Lipinski definition) is 1. The molecule has 0 unspecified atom stereocenters. The summed E-state index contributed by atoms with van der Waals surface area (Å²) in [5, 5.41) is 3.70. The maximum absolute atomic E-state index is 12.6. The highest BCUT2D eigenvalue weighted by molar-refractivity contribution is 6.36. The summed E-state index contributed by atoms with van der Waals surface area (Å²) in [6.07, 6.45) is 0.840. The first-order valence-electron chi connectivity index (χ1n) is 4.62. The van der Waals surface area contributed by atoms with Gasteiger partial charge in [-0.05, 0) is 30.7 Å². The zero-order valence-electron chi connectivity index (χ0n) is 8.14. The first kappa shape index (κ1) is 12.5. The normalized spacial score (nSPS) is 11.8. The Hall–Kier alpha value is -0.570. The lowest BCUT2D eigenvalue weighted by molar-refractivity contribution is 0.626. The Morgan fingerprint density at radius 3 is 2.60 bits per heavy atom. The molecule has 0 aliphatic rings. The average Bonchev–Trinajstić information content (AvgIpc) is 2.26. The van der Waals surface area contributed by atoms with Crippen molar-refractivity contribution in [2.24, 2.45) is 0 Å². The highest BCUT2D eigenvalue weighted by Gasteiger charge is 1.95. The number of nitrogens with one attached hydrogen (secondary N) is 1. The lowest BCUT2D eigenvalue weighted by atomic mass is 10.1. The second kappa shape index (κ2) is 6.83. The zero-order valence-corrected chi connectivity index (χ0v) is 9.65. The van der Waals surface area contributed by atoms with Crippen molar-refractivity contribution < 1.29 is 4.39 Å². The Kier molecular flexibility index (Phi) is 5.69. The van der Waals surface area contributed by atoms with Crippen molar-refractivity contribution in [3.05, 3.63) is 46.2 Å². The van der Waals surface area contributed by atoms with E-state index in [1.807, 2.05) is 0 Å². The fraction of sp³-hybridized carbons (Fsp3) is 0.273. The fourth-order valence-electron chi connectivity index (χ4n) is 1.13. The molecule has 0 radical (unpaired) electrons. The van der Waals surface area contributed by atoms with E-state index in [-0.39, 0.29) is 5.82 Å². The summed E-state index contributed by atoms with van der Waals surface area (Å²) in [6.45, 7) is 1.35. The summed E-state index contributed by atoms with van der Waals surface area (Å²) < 4.78 is 12.6. The molecule has 1 aromatic rings. The molecule has 0 atom stereocenters. The zero-order chi connectivity index (χ0) is 11.1. The molecule has 0 fully saturated rings. The van der Waals surface area contributed by atoms with Crippen LogP contribution in [0.1, 0.15) is 5.56 Å². The first-order chi connectivity index (χ1) is 7.22. The molecule has 0 amide bonds. The van der Waals surface area contributed by atoms with E-state index in [1.54, 1.807) is 12.1 Å². The van der Waals surface area contributed by atoms with Crippen LogP contribution in [0.5, 0.6) is 0 Å². The molecular weight excluding hydrogens is 236 g/mol. The van der Waals surface area contributed by atoms with Crippen molar-refractivity contribution >= 4 is 23.2 Å². The van der Waals surface area contributed by atoms with E-state index < -0.39 is 0 Å². The Balaban J connectivity index is 2.23. The van der Waals surface area contributed by atoms with Gasteiger partial charge in [-0.3, -0.25) is 0 Å². The van der Waals surface area contributed by atoms with Gasteiger partial charge in [-0.2, -0.15) is 0 Å². The van der Waals surface area contributed by atoms with E-state index in [2.05, 4.69) is 5.32 Å². The molecule has 1 N–H and O–H groups in total. The molecule has 0 aromatic heterocycles. The van der Waals surface area contributed by atoms with Gasteiger partial charge in [0, 0.05) is 17.1 Å². The van der Waals surface area contributed by atoms with Crippen molar-refractivity contribution in [1.29, 1.82) is 0 Å². The molecule has 82 valence electrons. The second-order valence-electron chi connectivity index (χ2n) is 3.11. The third-order valence-electron chi connectivity index (χ3n) is 1.92. The minimum atomic E-state index is -0.208. The summed E-state index contributed by atoms with van der Waals surface area (Å²) in [5.41, 5.74) is 2.43. The van der Waals surface area contributed by atoms with Crippen LogP contribution in [0.15, 0.2) is 34.8 Å². The largest absolute Gasteiger partial charge is 0.311 e. The Morgan fingerprint density at radius 1 is 1.33 bits per heavy atom. The molecule has 1 aromatic carbocycles. The van der Waals surface area contributed by atoms with Crippen LogP contribution in [0.3, 0.4) is 0 Å². The van der Waals surface area contributed by atoms with Crippen molar-refractivity contribution in [3.8, 4) is 0 Å². The molecular formula is C11H12Cl2FN. The Morgan fingerprint density at radius 2 is 2.00 bits per heavy atom. The highest BCUT2D eigenvalue weighted by atomic mass is 35.5. The minimum absolute atomic E-state index is 0.208. The fourth-order valence-corrected chi connectivity index (χ4v) is 1.30. The summed E-state index contributed by atoms with van der Waals surface area (Å²) >= 11 is 11.1. The number of benzene rings is 1. The van der Waals surface area contributed by atoms with Crippen molar-refractivity contribution in [3.63, 3.8) is 0 Å². The maximum Gasteiger partial charge on any atom is 0.123 e. The molecule has 0 aliphatic heterocycles. The number of halogens is 3. The van der Waals surface area contributed by atoms with E-state index in [0.717, 1.165) is 18.5 Å². The van der Waals surface area contributed by atoms with Gasteiger partial charge in [0.2, 0.25) is 0 Å². The van der Waals surface area contributed by atoms with Gasteiger partial charge in [-0.15, -0.1) is 0 Å². The summed E-state index contributed by atoms with van der Waals surface area (Å²) in [4.78, 5) is 0. The monoisotopic (exact) mass is 247 g/mol. The first-order valence-corrected chi connectivity index (χ1v) is 5.43. The van der Waals surface area contributed by atoms with Crippen LogP contribution in [-0.4, -0.2) is 13.1 Å².